The smallest absolute Gasteiger partial charge is 0.248 e. The van der Waals surface area contributed by atoms with Gasteiger partial charge < -0.3 is 9.64 Å². The van der Waals surface area contributed by atoms with Gasteiger partial charge in [-0.3, -0.25) is 0 Å². The largest absolute Gasteiger partial charge is 0.474 e. The van der Waals surface area contributed by atoms with Crippen LogP contribution in [0.5, 0.6) is 5.88 Å². The number of aliphatic imine (C=N–C) groups is 1. The Morgan fingerprint density at radius 1 is 1.48 bits per heavy atom. The van der Waals surface area contributed by atoms with Crippen LogP contribution in [0.2, 0.25) is 0 Å². The van der Waals surface area contributed by atoms with E-state index in [0.717, 1.165) is 17.9 Å². The summed E-state index contributed by atoms with van der Waals surface area (Å²) in [5.41, 5.74) is 1.49. The number of hydrogen-bond donors (Lipinski definition) is 0. The second-order valence-electron chi connectivity index (χ2n) is 5.87. The van der Waals surface area contributed by atoms with Crippen molar-refractivity contribution in [3.05, 3.63) is 16.2 Å². The number of halogens is 3. The van der Waals surface area contributed by atoms with Crippen LogP contribution >= 0.6 is 15.9 Å². The lowest BCUT2D eigenvalue weighted by atomic mass is 9.94. The van der Waals surface area contributed by atoms with Crippen LogP contribution in [0.15, 0.2) is 15.5 Å². The van der Waals surface area contributed by atoms with Crippen LogP contribution in [-0.4, -0.2) is 41.8 Å². The summed E-state index contributed by atoms with van der Waals surface area (Å²) in [5.74, 6) is -2.11. The molecule has 0 radical (unpaired) electrons. The van der Waals surface area contributed by atoms with Gasteiger partial charge in [-0.1, -0.05) is 0 Å². The normalized spacial score (nSPS) is 18.3. The first kappa shape index (κ1) is 18.1. The minimum Gasteiger partial charge on any atom is -0.474 e. The fourth-order valence-corrected chi connectivity index (χ4v) is 2.69. The van der Waals surface area contributed by atoms with Gasteiger partial charge in [-0.15, -0.1) is 0 Å². The van der Waals surface area contributed by atoms with Crippen molar-refractivity contribution < 1.29 is 13.5 Å². The number of nitrogens with zero attached hydrogens (tertiary/aromatic N) is 3. The Balaban J connectivity index is 2.07. The predicted octanol–water partition coefficient (Wildman–Crippen LogP) is 4.72. The van der Waals surface area contributed by atoms with Crippen LogP contribution in [0.1, 0.15) is 38.3 Å². The molecule has 7 heteroatoms. The molecule has 0 spiro atoms. The number of ether oxygens (including phenoxy) is 1. The number of rotatable bonds is 5. The van der Waals surface area contributed by atoms with E-state index in [9.17, 15) is 8.78 Å². The van der Waals surface area contributed by atoms with E-state index in [0.29, 0.717) is 23.2 Å². The fraction of sp³-hybridized carbons (Fsp3) is 0.625. The Kier molecular flexibility index (Phi) is 5.95. The van der Waals surface area contributed by atoms with Crippen molar-refractivity contribution in [1.29, 1.82) is 0 Å². The predicted molar refractivity (Wildman–Crippen MR) is 91.0 cm³/mol. The van der Waals surface area contributed by atoms with E-state index in [1.54, 1.807) is 6.34 Å². The van der Waals surface area contributed by atoms with Crippen LogP contribution in [0, 0.1) is 6.92 Å². The van der Waals surface area contributed by atoms with E-state index in [1.165, 1.54) is 0 Å². The summed E-state index contributed by atoms with van der Waals surface area (Å²) in [7, 11) is 1.94. The summed E-state index contributed by atoms with van der Waals surface area (Å²) in [6, 6.07) is 1.84. The number of aromatic nitrogens is 1. The lowest BCUT2D eigenvalue weighted by Gasteiger charge is -2.28. The summed E-state index contributed by atoms with van der Waals surface area (Å²) in [5, 5.41) is 0. The Bertz CT molecular complexity index is 571. The summed E-state index contributed by atoms with van der Waals surface area (Å²) in [6.45, 7) is 4.76. The third-order valence-corrected chi connectivity index (χ3v) is 4.51. The van der Waals surface area contributed by atoms with E-state index >= 15 is 0 Å². The molecule has 1 saturated carbocycles. The van der Waals surface area contributed by atoms with E-state index in [4.69, 9.17) is 4.74 Å². The standard InChI is InChI=1S/C16H22BrF2N3O/c1-4-22(3)10-20-14-9-13(17)15(21-11(14)2)23-12-5-7-16(18,19)8-6-12/h9-10,12H,4-8H2,1-3H3/b20-10+. The van der Waals surface area contributed by atoms with Crippen molar-refractivity contribution in [3.63, 3.8) is 0 Å². The quantitative estimate of drug-likeness (QED) is 0.539. The van der Waals surface area contributed by atoms with E-state index in [1.807, 2.05) is 31.9 Å². The molecule has 23 heavy (non-hydrogen) atoms. The maximum absolute atomic E-state index is 13.2. The van der Waals surface area contributed by atoms with E-state index in [-0.39, 0.29) is 18.9 Å². The fourth-order valence-electron chi connectivity index (χ4n) is 2.29. The highest BCUT2D eigenvalue weighted by Crippen LogP contribution is 2.36. The number of pyridine rings is 1. The lowest BCUT2D eigenvalue weighted by molar-refractivity contribution is -0.0589. The molecule has 2 rings (SSSR count). The molecular formula is C16H22BrF2N3O. The minimum atomic E-state index is -2.55. The molecule has 0 atom stereocenters. The van der Waals surface area contributed by atoms with Crippen LogP contribution in [0.25, 0.3) is 0 Å². The molecule has 0 unspecified atom stereocenters. The monoisotopic (exact) mass is 389 g/mol. The molecule has 1 fully saturated rings. The first-order valence-corrected chi connectivity index (χ1v) is 8.56. The molecule has 1 heterocycles. The van der Waals surface area contributed by atoms with Crippen molar-refractivity contribution in [3.8, 4) is 5.88 Å². The zero-order valence-electron chi connectivity index (χ0n) is 13.7. The molecule has 4 nitrogen and oxygen atoms in total. The highest BCUT2D eigenvalue weighted by atomic mass is 79.9. The molecule has 1 aliphatic carbocycles. The molecule has 0 saturated heterocycles. The Hall–Kier alpha value is -1.24. The third-order valence-electron chi connectivity index (χ3n) is 3.94. The second-order valence-corrected chi connectivity index (χ2v) is 6.73. The summed E-state index contributed by atoms with van der Waals surface area (Å²) in [4.78, 5) is 10.8. The maximum Gasteiger partial charge on any atom is 0.248 e. The highest BCUT2D eigenvalue weighted by Gasteiger charge is 2.36. The third kappa shape index (κ3) is 5.12. The summed E-state index contributed by atoms with van der Waals surface area (Å²) < 4.78 is 32.9. The van der Waals surface area contributed by atoms with E-state index < -0.39 is 5.92 Å². The van der Waals surface area contributed by atoms with Crippen molar-refractivity contribution in [2.75, 3.05) is 13.6 Å². The van der Waals surface area contributed by atoms with Crippen LogP contribution < -0.4 is 4.74 Å². The number of aryl methyl sites for hydroxylation is 1. The second kappa shape index (κ2) is 7.55. The van der Waals surface area contributed by atoms with Gasteiger partial charge in [-0.05, 0) is 48.7 Å². The highest BCUT2D eigenvalue weighted by molar-refractivity contribution is 9.10. The van der Waals surface area contributed by atoms with Crippen LogP contribution in [0.4, 0.5) is 14.5 Å². The molecule has 0 aromatic carbocycles. The van der Waals surface area contributed by atoms with Gasteiger partial charge in [0.25, 0.3) is 0 Å². The summed E-state index contributed by atoms with van der Waals surface area (Å²) >= 11 is 3.43. The zero-order chi connectivity index (χ0) is 17.0. The van der Waals surface area contributed by atoms with Gasteiger partial charge in [0.15, 0.2) is 0 Å². The van der Waals surface area contributed by atoms with Crippen LogP contribution in [-0.2, 0) is 0 Å². The molecule has 0 amide bonds. The number of alkyl halides is 2. The molecule has 1 aliphatic rings. The van der Waals surface area contributed by atoms with Gasteiger partial charge in [-0.25, -0.2) is 18.8 Å². The number of hydrogen-bond acceptors (Lipinski definition) is 3. The first-order valence-electron chi connectivity index (χ1n) is 7.77. The first-order chi connectivity index (χ1) is 10.8. The minimum absolute atomic E-state index is 0.125. The molecule has 0 N–H and O–H groups in total. The Morgan fingerprint density at radius 3 is 2.74 bits per heavy atom. The van der Waals surface area contributed by atoms with Gasteiger partial charge in [0.1, 0.15) is 6.10 Å². The molecule has 128 valence electrons. The van der Waals surface area contributed by atoms with Gasteiger partial charge in [0.2, 0.25) is 11.8 Å². The van der Waals surface area contributed by atoms with Crippen molar-refractivity contribution in [1.82, 2.24) is 9.88 Å². The summed E-state index contributed by atoms with van der Waals surface area (Å²) in [6.07, 6.45) is 1.99. The maximum atomic E-state index is 13.2. The van der Waals surface area contributed by atoms with Crippen molar-refractivity contribution in [2.24, 2.45) is 4.99 Å². The zero-order valence-corrected chi connectivity index (χ0v) is 15.2. The lowest BCUT2D eigenvalue weighted by Crippen LogP contribution is -2.31. The molecule has 0 aliphatic heterocycles. The van der Waals surface area contributed by atoms with Crippen molar-refractivity contribution >= 4 is 28.0 Å². The van der Waals surface area contributed by atoms with Crippen LogP contribution in [0.3, 0.4) is 0 Å². The van der Waals surface area contributed by atoms with Gasteiger partial charge in [0, 0.05) is 26.4 Å². The van der Waals surface area contributed by atoms with Gasteiger partial charge in [0.05, 0.1) is 22.2 Å². The molecular weight excluding hydrogens is 368 g/mol. The molecule has 1 aromatic heterocycles. The van der Waals surface area contributed by atoms with E-state index in [2.05, 4.69) is 25.9 Å². The Morgan fingerprint density at radius 2 is 2.13 bits per heavy atom. The van der Waals surface area contributed by atoms with Gasteiger partial charge >= 0.3 is 0 Å². The van der Waals surface area contributed by atoms with Gasteiger partial charge in [-0.2, -0.15) is 0 Å². The molecule has 1 aromatic rings. The average Bonchev–Trinajstić information content (AvgIpc) is 2.50. The topological polar surface area (TPSA) is 37.7 Å². The molecule has 0 bridgehead atoms. The Labute approximate surface area is 144 Å². The average molecular weight is 390 g/mol. The SMILES string of the molecule is CCN(C)/C=N/c1cc(Br)c(OC2CCC(F)(F)CC2)nc1C. The van der Waals surface area contributed by atoms with Crippen molar-refractivity contribution in [2.45, 2.75) is 51.6 Å².